The predicted octanol–water partition coefficient (Wildman–Crippen LogP) is 2.02. The van der Waals surface area contributed by atoms with Gasteiger partial charge in [-0.1, -0.05) is 18.2 Å². The number of benzene rings is 1. The third-order valence-corrected chi connectivity index (χ3v) is 6.34. The van der Waals surface area contributed by atoms with Gasteiger partial charge in [-0.05, 0) is 55.4 Å². The number of carbonyl (C=O) groups excluding carboxylic acids is 1. The fourth-order valence-electron chi connectivity index (χ4n) is 3.37. The smallest absolute Gasteiger partial charge is 0.240 e. The van der Waals surface area contributed by atoms with Gasteiger partial charge in [-0.25, -0.2) is 13.1 Å². The molecule has 3 rings (SSSR count). The summed E-state index contributed by atoms with van der Waals surface area (Å²) in [6, 6.07) is 5.34. The average Bonchev–Trinajstić information content (AvgIpc) is 2.77. The Morgan fingerprint density at radius 1 is 1.17 bits per heavy atom. The van der Waals surface area contributed by atoms with Crippen molar-refractivity contribution in [3.8, 4) is 0 Å². The van der Waals surface area contributed by atoms with E-state index in [1.807, 2.05) is 17.0 Å². The summed E-state index contributed by atoms with van der Waals surface area (Å²) in [5.41, 5.74) is 2.17. The number of hydrogen-bond acceptors (Lipinski definition) is 3. The molecule has 1 aromatic carbocycles. The van der Waals surface area contributed by atoms with Gasteiger partial charge in [0.25, 0.3) is 0 Å². The Balaban J connectivity index is 1.78. The molecule has 0 aromatic heterocycles. The van der Waals surface area contributed by atoms with Crippen LogP contribution in [0, 0.1) is 0 Å². The summed E-state index contributed by atoms with van der Waals surface area (Å²) in [5, 5.41) is 0. The van der Waals surface area contributed by atoms with Crippen molar-refractivity contribution in [2.45, 2.75) is 50.0 Å². The molecule has 5 nitrogen and oxygen atoms in total. The lowest BCUT2D eigenvalue weighted by molar-refractivity contribution is -0.128. The van der Waals surface area contributed by atoms with E-state index in [-0.39, 0.29) is 11.9 Å². The van der Waals surface area contributed by atoms with Crippen LogP contribution in [-0.2, 0) is 27.7 Å². The number of nitrogens with one attached hydrogen (secondary N) is 1. The minimum absolute atomic E-state index is 0.0213. The minimum atomic E-state index is -3.50. The lowest BCUT2D eigenvalue weighted by Gasteiger charge is -2.19. The van der Waals surface area contributed by atoms with Crippen LogP contribution in [0.3, 0.4) is 0 Å². The number of rotatable bonds is 3. The zero-order chi connectivity index (χ0) is 17.2. The minimum Gasteiger partial charge on any atom is -0.342 e. The molecule has 0 bridgehead atoms. The van der Waals surface area contributed by atoms with Crippen LogP contribution in [-0.4, -0.2) is 38.4 Å². The summed E-state index contributed by atoms with van der Waals surface area (Å²) < 4.78 is 28.1. The molecule has 0 unspecified atom stereocenters. The first-order valence-corrected chi connectivity index (χ1v) is 9.99. The quantitative estimate of drug-likeness (QED) is 0.850. The van der Waals surface area contributed by atoms with Crippen molar-refractivity contribution in [3.05, 3.63) is 41.5 Å². The lowest BCUT2D eigenvalue weighted by atomic mass is 10.0. The van der Waals surface area contributed by atoms with Gasteiger partial charge in [-0.3, -0.25) is 4.79 Å². The van der Waals surface area contributed by atoms with Crippen molar-refractivity contribution in [2.24, 2.45) is 0 Å². The number of amides is 1. The molecule has 1 atom stereocenters. The van der Waals surface area contributed by atoms with Gasteiger partial charge in [0, 0.05) is 26.1 Å². The summed E-state index contributed by atoms with van der Waals surface area (Å²) in [7, 11) is -3.50. The molecule has 2 aliphatic rings. The molecular weight excluding hydrogens is 324 g/mol. The standard InChI is InChI=1S/C18H24N2O3S/c1-14(21)20-11-9-15-7-8-18(13-16(15)10-12-20)24(22,23)19-17-5-3-2-4-6-17/h2-3,7-8,13,17,19H,4-6,9-12H2,1H3/t17-/m1/s1. The first-order valence-electron chi connectivity index (χ1n) is 8.50. The number of nitrogens with zero attached hydrogens (tertiary/aromatic N) is 1. The number of carbonyl (C=O) groups is 1. The summed E-state index contributed by atoms with van der Waals surface area (Å²) in [5.74, 6) is 0.0719. The predicted molar refractivity (Wildman–Crippen MR) is 93.2 cm³/mol. The fraction of sp³-hybridized carbons (Fsp3) is 0.500. The monoisotopic (exact) mass is 348 g/mol. The topological polar surface area (TPSA) is 66.5 Å². The van der Waals surface area contributed by atoms with Crippen LogP contribution in [0.5, 0.6) is 0 Å². The molecule has 0 fully saturated rings. The van der Waals surface area contributed by atoms with Gasteiger partial charge < -0.3 is 4.90 Å². The second-order valence-electron chi connectivity index (χ2n) is 6.54. The van der Waals surface area contributed by atoms with Crippen molar-refractivity contribution >= 4 is 15.9 Å². The van der Waals surface area contributed by atoms with Gasteiger partial charge in [-0.2, -0.15) is 0 Å². The average molecular weight is 348 g/mol. The normalized spacial score (nSPS) is 21.2. The van der Waals surface area contributed by atoms with Crippen LogP contribution in [0.4, 0.5) is 0 Å². The Labute approximate surface area is 143 Å². The van der Waals surface area contributed by atoms with Crippen LogP contribution in [0.15, 0.2) is 35.2 Å². The molecule has 24 heavy (non-hydrogen) atoms. The summed E-state index contributed by atoms with van der Waals surface area (Å²) in [6.45, 7) is 2.92. The SMILES string of the molecule is CC(=O)N1CCc2ccc(S(=O)(=O)N[C@@H]3CC=CCC3)cc2CC1. The highest BCUT2D eigenvalue weighted by atomic mass is 32.2. The van der Waals surface area contributed by atoms with Gasteiger partial charge in [0.05, 0.1) is 4.90 Å². The van der Waals surface area contributed by atoms with Gasteiger partial charge >= 0.3 is 0 Å². The second-order valence-corrected chi connectivity index (χ2v) is 8.25. The molecule has 1 amide bonds. The molecule has 1 aliphatic heterocycles. The van der Waals surface area contributed by atoms with E-state index in [4.69, 9.17) is 0 Å². The Morgan fingerprint density at radius 3 is 2.58 bits per heavy atom. The van der Waals surface area contributed by atoms with Gasteiger partial charge in [0.1, 0.15) is 0 Å². The molecule has 0 saturated heterocycles. The molecule has 0 saturated carbocycles. The summed E-state index contributed by atoms with van der Waals surface area (Å²) >= 11 is 0. The van der Waals surface area contributed by atoms with Crippen LogP contribution in [0.1, 0.15) is 37.3 Å². The highest BCUT2D eigenvalue weighted by Gasteiger charge is 2.22. The van der Waals surface area contributed by atoms with Crippen molar-refractivity contribution in [2.75, 3.05) is 13.1 Å². The zero-order valence-corrected chi connectivity index (χ0v) is 14.8. The molecule has 0 spiro atoms. The fourth-order valence-corrected chi connectivity index (χ4v) is 4.71. The molecule has 130 valence electrons. The first-order chi connectivity index (χ1) is 11.5. The Bertz CT molecular complexity index is 756. The van der Waals surface area contributed by atoms with E-state index in [9.17, 15) is 13.2 Å². The van der Waals surface area contributed by atoms with Gasteiger partial charge in [-0.15, -0.1) is 0 Å². The lowest BCUT2D eigenvalue weighted by Crippen LogP contribution is -2.35. The third kappa shape index (κ3) is 3.87. The van der Waals surface area contributed by atoms with E-state index in [0.29, 0.717) is 24.4 Å². The van der Waals surface area contributed by atoms with Crippen molar-refractivity contribution in [1.29, 1.82) is 0 Å². The Morgan fingerprint density at radius 2 is 1.92 bits per heavy atom. The van der Waals surface area contributed by atoms with Gasteiger partial charge in [0.2, 0.25) is 15.9 Å². The Kier molecular flexibility index (Phi) is 5.06. The summed E-state index contributed by atoms with van der Waals surface area (Å²) in [6.07, 6.45) is 8.10. The number of allylic oxidation sites excluding steroid dienone is 1. The molecule has 1 N–H and O–H groups in total. The van der Waals surface area contributed by atoms with E-state index in [1.165, 1.54) is 0 Å². The van der Waals surface area contributed by atoms with Crippen LogP contribution in [0.25, 0.3) is 0 Å². The number of sulfonamides is 1. The number of hydrogen-bond donors (Lipinski definition) is 1. The van der Waals surface area contributed by atoms with Crippen molar-refractivity contribution in [1.82, 2.24) is 9.62 Å². The molecule has 1 aliphatic carbocycles. The van der Waals surface area contributed by atoms with E-state index >= 15 is 0 Å². The molecular formula is C18H24N2O3S. The van der Waals surface area contributed by atoms with E-state index in [0.717, 1.165) is 36.8 Å². The molecule has 6 heteroatoms. The van der Waals surface area contributed by atoms with Crippen LogP contribution >= 0.6 is 0 Å². The number of fused-ring (bicyclic) bond motifs is 1. The highest BCUT2D eigenvalue weighted by molar-refractivity contribution is 7.89. The van der Waals surface area contributed by atoms with Crippen molar-refractivity contribution in [3.63, 3.8) is 0 Å². The maximum atomic E-state index is 12.6. The molecule has 0 radical (unpaired) electrons. The summed E-state index contributed by atoms with van der Waals surface area (Å²) in [4.78, 5) is 13.7. The molecule has 1 heterocycles. The molecule has 1 aromatic rings. The maximum absolute atomic E-state index is 12.6. The maximum Gasteiger partial charge on any atom is 0.240 e. The van der Waals surface area contributed by atoms with E-state index < -0.39 is 10.0 Å². The van der Waals surface area contributed by atoms with Gasteiger partial charge in [0.15, 0.2) is 0 Å². The third-order valence-electron chi connectivity index (χ3n) is 4.83. The van der Waals surface area contributed by atoms with E-state index in [2.05, 4.69) is 10.8 Å². The second kappa shape index (κ2) is 7.07. The largest absolute Gasteiger partial charge is 0.342 e. The highest BCUT2D eigenvalue weighted by Crippen LogP contribution is 2.22. The van der Waals surface area contributed by atoms with Crippen LogP contribution in [0.2, 0.25) is 0 Å². The van der Waals surface area contributed by atoms with Crippen LogP contribution < -0.4 is 4.72 Å². The van der Waals surface area contributed by atoms with Crippen molar-refractivity contribution < 1.29 is 13.2 Å². The zero-order valence-electron chi connectivity index (χ0n) is 14.0. The Hall–Kier alpha value is -1.66. The first kappa shape index (κ1) is 17.2. The van der Waals surface area contributed by atoms with E-state index in [1.54, 1.807) is 19.1 Å².